The van der Waals surface area contributed by atoms with Crippen molar-refractivity contribution < 1.29 is 32.2 Å². The average molecular weight is 586 g/mol. The molecule has 8 nitrogen and oxygen atoms in total. The third kappa shape index (κ3) is 5.69. The maximum Gasteiger partial charge on any atom is 0.306 e. The summed E-state index contributed by atoms with van der Waals surface area (Å²) in [5.41, 5.74) is 3.66. The highest BCUT2D eigenvalue weighted by molar-refractivity contribution is 7.89. The molecule has 1 unspecified atom stereocenters. The summed E-state index contributed by atoms with van der Waals surface area (Å²) in [6.45, 7) is 7.36. The molecule has 0 N–H and O–H groups in total. The van der Waals surface area contributed by atoms with Crippen LogP contribution >= 0.6 is 11.3 Å². The van der Waals surface area contributed by atoms with Crippen molar-refractivity contribution in [3.8, 4) is 5.75 Å². The van der Waals surface area contributed by atoms with E-state index in [2.05, 4.69) is 0 Å². The number of hydrogen-bond acceptors (Lipinski definition) is 8. The Morgan fingerprint density at radius 1 is 1.18 bits per heavy atom. The van der Waals surface area contributed by atoms with E-state index in [1.807, 2.05) is 50.4 Å². The number of esters is 1. The van der Waals surface area contributed by atoms with Gasteiger partial charge >= 0.3 is 5.97 Å². The van der Waals surface area contributed by atoms with Crippen molar-refractivity contribution >= 4 is 27.3 Å². The van der Waals surface area contributed by atoms with Crippen LogP contribution < -0.4 is 4.74 Å². The van der Waals surface area contributed by atoms with E-state index in [4.69, 9.17) is 18.9 Å². The highest BCUT2D eigenvalue weighted by Gasteiger charge is 2.36. The van der Waals surface area contributed by atoms with Crippen molar-refractivity contribution in [1.82, 2.24) is 4.31 Å². The zero-order valence-electron chi connectivity index (χ0n) is 23.2. The SMILES string of the molecule is CC[C@@H]1CN(Cc2cc(C(CC(=O)OC)c3cc(C4(C)OCCO4)cs3)ccc2C)S(=O)(=O)c2ccccc2O1. The molecule has 0 saturated carbocycles. The van der Waals surface area contributed by atoms with Gasteiger partial charge in [0.25, 0.3) is 0 Å². The van der Waals surface area contributed by atoms with Gasteiger partial charge in [-0.3, -0.25) is 4.79 Å². The van der Waals surface area contributed by atoms with Crippen LogP contribution in [0, 0.1) is 6.92 Å². The molecule has 3 heterocycles. The van der Waals surface area contributed by atoms with Gasteiger partial charge in [-0.15, -0.1) is 11.3 Å². The summed E-state index contributed by atoms with van der Waals surface area (Å²) in [5, 5.41) is 2.01. The van der Waals surface area contributed by atoms with E-state index < -0.39 is 15.8 Å². The fourth-order valence-electron chi connectivity index (χ4n) is 5.16. The standard InChI is InChI=1S/C30H35NO7S2/c1-5-24-18-31(40(33,34)28-9-7-6-8-26(28)38-24)17-22-14-21(11-10-20(22)2)25(16-29(32)35-4)27-15-23(19-39-27)30(3)36-12-13-37-30/h6-11,14-15,19,24-25H,5,12-13,16-18H2,1-4H3/t24-,25?/m1/s1. The van der Waals surface area contributed by atoms with E-state index >= 15 is 0 Å². The molecule has 0 bridgehead atoms. The minimum Gasteiger partial charge on any atom is -0.488 e. The van der Waals surface area contributed by atoms with Gasteiger partial charge in [-0.1, -0.05) is 37.3 Å². The maximum atomic E-state index is 13.7. The lowest BCUT2D eigenvalue weighted by molar-refractivity contribution is -0.149. The van der Waals surface area contributed by atoms with Crippen LogP contribution in [0.15, 0.2) is 58.8 Å². The molecule has 2 aromatic carbocycles. The van der Waals surface area contributed by atoms with Crippen molar-refractivity contribution in [2.75, 3.05) is 26.9 Å². The zero-order valence-corrected chi connectivity index (χ0v) is 24.8. The largest absolute Gasteiger partial charge is 0.488 e. The van der Waals surface area contributed by atoms with Crippen LogP contribution in [0.1, 0.15) is 59.7 Å². The first-order valence-electron chi connectivity index (χ1n) is 13.4. The lowest BCUT2D eigenvalue weighted by atomic mass is 9.90. The van der Waals surface area contributed by atoms with Crippen LogP contribution in [0.4, 0.5) is 0 Å². The number of thiophene rings is 1. The molecule has 3 aromatic rings. The van der Waals surface area contributed by atoms with Crippen LogP contribution in [0.3, 0.4) is 0 Å². The average Bonchev–Trinajstić information content (AvgIpc) is 3.60. The van der Waals surface area contributed by atoms with Crippen LogP contribution in [-0.2, 0) is 41.4 Å². The van der Waals surface area contributed by atoms with E-state index in [0.29, 0.717) is 25.4 Å². The van der Waals surface area contributed by atoms with Crippen molar-refractivity contribution in [3.63, 3.8) is 0 Å². The molecule has 40 heavy (non-hydrogen) atoms. The molecule has 1 fully saturated rings. The fourth-order valence-corrected chi connectivity index (χ4v) is 7.85. The number of carbonyl (C=O) groups is 1. The maximum absolute atomic E-state index is 13.7. The molecule has 10 heteroatoms. The molecular formula is C30H35NO7S2. The summed E-state index contributed by atoms with van der Waals surface area (Å²) in [7, 11) is -2.41. The van der Waals surface area contributed by atoms with Crippen LogP contribution in [0.5, 0.6) is 5.75 Å². The molecular weight excluding hydrogens is 550 g/mol. The van der Waals surface area contributed by atoms with Crippen LogP contribution in [0.2, 0.25) is 0 Å². The smallest absolute Gasteiger partial charge is 0.306 e. The van der Waals surface area contributed by atoms with Gasteiger partial charge in [-0.25, -0.2) is 8.42 Å². The van der Waals surface area contributed by atoms with Crippen molar-refractivity contribution in [2.24, 2.45) is 0 Å². The molecule has 1 aromatic heterocycles. The minimum atomic E-state index is -3.79. The van der Waals surface area contributed by atoms with E-state index in [-0.39, 0.29) is 42.4 Å². The molecule has 1 saturated heterocycles. The normalized spacial score (nSPS) is 20.8. The monoisotopic (exact) mass is 585 g/mol. The van der Waals surface area contributed by atoms with E-state index in [9.17, 15) is 13.2 Å². The van der Waals surface area contributed by atoms with Gasteiger partial charge in [-0.2, -0.15) is 4.31 Å². The molecule has 2 atom stereocenters. The number of ether oxygens (including phenoxy) is 4. The molecule has 214 valence electrons. The van der Waals surface area contributed by atoms with Gasteiger partial charge < -0.3 is 18.9 Å². The number of fused-ring (bicyclic) bond motifs is 1. The van der Waals surface area contributed by atoms with Crippen molar-refractivity contribution in [2.45, 2.75) is 62.9 Å². The molecule has 0 spiro atoms. The number of aryl methyl sites for hydroxylation is 1. The predicted molar refractivity (Wildman–Crippen MR) is 152 cm³/mol. The Hall–Kier alpha value is -2.76. The van der Waals surface area contributed by atoms with Gasteiger partial charge in [-0.05, 0) is 60.5 Å². The molecule has 2 aliphatic rings. The summed E-state index contributed by atoms with van der Waals surface area (Å²) in [4.78, 5) is 13.7. The van der Waals surface area contributed by atoms with Gasteiger partial charge in [0.05, 0.1) is 33.3 Å². The second kappa shape index (κ2) is 11.6. The molecule has 0 aliphatic carbocycles. The molecule has 0 amide bonds. The fraction of sp³-hybridized carbons (Fsp3) is 0.433. The summed E-state index contributed by atoms with van der Waals surface area (Å²) in [6, 6.07) is 14.8. The van der Waals surface area contributed by atoms with Gasteiger partial charge in [0.2, 0.25) is 10.0 Å². The Kier molecular flexibility index (Phi) is 8.35. The Morgan fingerprint density at radius 3 is 2.65 bits per heavy atom. The van der Waals surface area contributed by atoms with Gasteiger partial charge in [0, 0.05) is 22.9 Å². The number of sulfonamides is 1. The van der Waals surface area contributed by atoms with Crippen LogP contribution in [0.25, 0.3) is 0 Å². The number of rotatable bonds is 8. The van der Waals surface area contributed by atoms with E-state index in [1.54, 1.807) is 35.6 Å². The topological polar surface area (TPSA) is 91.4 Å². The quantitative estimate of drug-likeness (QED) is 0.330. The van der Waals surface area contributed by atoms with E-state index in [1.165, 1.54) is 11.4 Å². The number of hydrogen-bond donors (Lipinski definition) is 0. The molecule has 0 radical (unpaired) electrons. The first-order chi connectivity index (χ1) is 19.1. The van der Waals surface area contributed by atoms with Crippen LogP contribution in [-0.4, -0.2) is 51.7 Å². The van der Waals surface area contributed by atoms with Gasteiger partial charge in [0.1, 0.15) is 16.7 Å². The Morgan fingerprint density at radius 2 is 1.93 bits per heavy atom. The second-order valence-electron chi connectivity index (χ2n) is 10.3. The number of benzene rings is 2. The summed E-state index contributed by atoms with van der Waals surface area (Å²) >= 11 is 1.54. The number of carbonyl (C=O) groups excluding carboxylic acids is 1. The first kappa shape index (κ1) is 28.8. The highest BCUT2D eigenvalue weighted by atomic mass is 32.2. The second-order valence-corrected chi connectivity index (χ2v) is 13.1. The Bertz CT molecular complexity index is 1480. The Balaban J connectivity index is 1.50. The Labute approximate surface area is 239 Å². The highest BCUT2D eigenvalue weighted by Crippen LogP contribution is 2.40. The van der Waals surface area contributed by atoms with Crippen molar-refractivity contribution in [1.29, 1.82) is 0 Å². The predicted octanol–water partition coefficient (Wildman–Crippen LogP) is 5.33. The number of methoxy groups -OCH3 is 1. The summed E-state index contributed by atoms with van der Waals surface area (Å²) < 4.78 is 51.8. The minimum absolute atomic E-state index is 0.151. The molecule has 5 rings (SSSR count). The lowest BCUT2D eigenvalue weighted by Gasteiger charge is -2.24. The number of para-hydroxylation sites is 1. The zero-order chi connectivity index (χ0) is 28.5. The first-order valence-corrected chi connectivity index (χ1v) is 15.8. The summed E-state index contributed by atoms with van der Waals surface area (Å²) in [5.74, 6) is -1.02. The summed E-state index contributed by atoms with van der Waals surface area (Å²) in [6.07, 6.45) is 0.562. The van der Waals surface area contributed by atoms with Gasteiger partial charge in [0.15, 0.2) is 5.79 Å². The van der Waals surface area contributed by atoms with E-state index in [0.717, 1.165) is 27.1 Å². The number of nitrogens with zero attached hydrogens (tertiary/aromatic N) is 1. The third-order valence-corrected chi connectivity index (χ3v) is 10.6. The third-order valence-electron chi connectivity index (χ3n) is 7.67. The molecule has 2 aliphatic heterocycles. The van der Waals surface area contributed by atoms with Crippen molar-refractivity contribution in [3.05, 3.63) is 81.0 Å². The lowest BCUT2D eigenvalue weighted by Crippen LogP contribution is -2.36.